The van der Waals surface area contributed by atoms with Gasteiger partial charge in [0.05, 0.1) is 0 Å². The van der Waals surface area contributed by atoms with Gasteiger partial charge in [0.25, 0.3) is 5.91 Å². The van der Waals surface area contributed by atoms with E-state index in [9.17, 15) is 9.59 Å². The quantitative estimate of drug-likeness (QED) is 0.849. The van der Waals surface area contributed by atoms with E-state index in [4.69, 9.17) is 20.8 Å². The van der Waals surface area contributed by atoms with Crippen molar-refractivity contribution in [1.82, 2.24) is 5.32 Å². The zero-order valence-corrected chi connectivity index (χ0v) is 14.3. The number of amides is 1. The number of carbonyl (C=O) groups is 2. The molecule has 0 radical (unpaired) electrons. The van der Waals surface area contributed by atoms with E-state index in [1.165, 1.54) is 6.42 Å². The van der Waals surface area contributed by atoms with Crippen LogP contribution in [0.1, 0.15) is 43.2 Å². The summed E-state index contributed by atoms with van der Waals surface area (Å²) in [6.45, 7) is 1.83. The van der Waals surface area contributed by atoms with Gasteiger partial charge < -0.3 is 14.5 Å². The molecule has 2 atom stereocenters. The third-order valence-electron chi connectivity index (χ3n) is 4.47. The van der Waals surface area contributed by atoms with E-state index in [1.807, 2.05) is 0 Å². The molecule has 2 aromatic rings. The number of fused-ring (bicyclic) bond motifs is 1. The Morgan fingerprint density at radius 2 is 2.08 bits per heavy atom. The first kappa shape index (κ1) is 16.8. The van der Waals surface area contributed by atoms with Gasteiger partial charge in [-0.1, -0.05) is 31.4 Å². The van der Waals surface area contributed by atoms with E-state index < -0.39 is 5.97 Å². The van der Waals surface area contributed by atoms with Crippen LogP contribution in [0.4, 0.5) is 0 Å². The van der Waals surface area contributed by atoms with Crippen molar-refractivity contribution < 1.29 is 18.7 Å². The third-order valence-corrected chi connectivity index (χ3v) is 4.71. The molecule has 1 heterocycles. The number of esters is 1. The second-order valence-corrected chi connectivity index (χ2v) is 6.74. The lowest BCUT2D eigenvalue weighted by Crippen LogP contribution is -2.42. The lowest BCUT2D eigenvalue weighted by atomic mass is 9.86. The summed E-state index contributed by atoms with van der Waals surface area (Å²) in [7, 11) is 0. The van der Waals surface area contributed by atoms with Crippen LogP contribution in [0.15, 0.2) is 28.7 Å². The molecule has 1 aliphatic rings. The van der Waals surface area contributed by atoms with E-state index in [0.29, 0.717) is 16.5 Å². The summed E-state index contributed by atoms with van der Waals surface area (Å²) in [5.74, 6) is -0.417. The van der Waals surface area contributed by atoms with Crippen LogP contribution in [-0.4, -0.2) is 24.5 Å². The van der Waals surface area contributed by atoms with Crippen LogP contribution in [0, 0.1) is 5.92 Å². The smallest absolute Gasteiger partial charge is 0.374 e. The number of nitrogens with one attached hydrogen (secondary N) is 1. The zero-order valence-electron chi connectivity index (χ0n) is 13.5. The number of hydrogen-bond acceptors (Lipinski definition) is 4. The van der Waals surface area contributed by atoms with Crippen LogP contribution in [0.25, 0.3) is 11.0 Å². The monoisotopic (exact) mass is 349 g/mol. The fourth-order valence-corrected chi connectivity index (χ4v) is 3.28. The molecule has 0 saturated heterocycles. The van der Waals surface area contributed by atoms with E-state index in [1.54, 1.807) is 24.3 Å². The normalized spacial score (nSPS) is 20.8. The highest BCUT2D eigenvalue weighted by molar-refractivity contribution is 6.31. The van der Waals surface area contributed by atoms with Crippen molar-refractivity contribution in [2.75, 3.05) is 6.61 Å². The summed E-state index contributed by atoms with van der Waals surface area (Å²) in [6, 6.07) is 6.80. The number of ether oxygens (including phenoxy) is 1. The highest BCUT2D eigenvalue weighted by atomic mass is 35.5. The molecule has 0 aliphatic heterocycles. The van der Waals surface area contributed by atoms with Crippen molar-refractivity contribution in [3.8, 4) is 0 Å². The highest BCUT2D eigenvalue weighted by Gasteiger charge is 2.23. The molecule has 1 aromatic heterocycles. The summed E-state index contributed by atoms with van der Waals surface area (Å²) in [5.41, 5.74) is 0.548. The van der Waals surface area contributed by atoms with E-state index in [0.717, 1.165) is 24.6 Å². The molecule has 128 valence electrons. The Labute approximate surface area is 145 Å². The number of benzene rings is 1. The molecular weight excluding hydrogens is 330 g/mol. The van der Waals surface area contributed by atoms with Gasteiger partial charge >= 0.3 is 5.97 Å². The average Bonchev–Trinajstić information content (AvgIpc) is 2.98. The molecule has 0 unspecified atom stereocenters. The summed E-state index contributed by atoms with van der Waals surface area (Å²) >= 11 is 5.90. The molecule has 1 N–H and O–H groups in total. The highest BCUT2D eigenvalue weighted by Crippen LogP contribution is 2.24. The standard InChI is InChI=1S/C18H20ClNO4/c1-11-4-2-3-5-14(11)20-17(21)10-23-18(22)16-9-12-8-13(19)6-7-15(12)24-16/h6-9,11,14H,2-5,10H2,1H3,(H,20,21)/t11-,14-/m1/s1. The SMILES string of the molecule is C[C@@H]1CCCC[C@H]1NC(=O)COC(=O)c1cc2cc(Cl)ccc2o1. The van der Waals surface area contributed by atoms with Crippen LogP contribution in [0.2, 0.25) is 5.02 Å². The molecule has 1 amide bonds. The summed E-state index contributed by atoms with van der Waals surface area (Å²) < 4.78 is 10.5. The number of carbonyl (C=O) groups excluding carboxylic acids is 2. The predicted octanol–water partition coefficient (Wildman–Crippen LogP) is 3.94. The first-order chi connectivity index (χ1) is 11.5. The lowest BCUT2D eigenvalue weighted by molar-refractivity contribution is -0.125. The van der Waals surface area contributed by atoms with Gasteiger partial charge in [0.15, 0.2) is 6.61 Å². The van der Waals surface area contributed by atoms with E-state index in [2.05, 4.69) is 12.2 Å². The van der Waals surface area contributed by atoms with Gasteiger partial charge in [-0.25, -0.2) is 4.79 Å². The molecule has 3 rings (SSSR count). The van der Waals surface area contributed by atoms with Crippen LogP contribution in [0.3, 0.4) is 0 Å². The minimum atomic E-state index is -0.658. The molecule has 1 fully saturated rings. The van der Waals surface area contributed by atoms with Gasteiger partial charge in [0, 0.05) is 16.5 Å². The Morgan fingerprint density at radius 1 is 1.29 bits per heavy atom. The van der Waals surface area contributed by atoms with Crippen molar-refractivity contribution in [2.24, 2.45) is 5.92 Å². The van der Waals surface area contributed by atoms with Gasteiger partial charge in [0.2, 0.25) is 5.76 Å². The molecular formula is C18H20ClNO4. The number of hydrogen-bond donors (Lipinski definition) is 1. The van der Waals surface area contributed by atoms with Crippen molar-refractivity contribution in [1.29, 1.82) is 0 Å². The van der Waals surface area contributed by atoms with Crippen molar-refractivity contribution >= 4 is 34.4 Å². The van der Waals surface area contributed by atoms with Crippen molar-refractivity contribution in [3.63, 3.8) is 0 Å². The van der Waals surface area contributed by atoms with Gasteiger partial charge in [-0.2, -0.15) is 0 Å². The molecule has 1 aromatic carbocycles. The van der Waals surface area contributed by atoms with E-state index in [-0.39, 0.29) is 24.3 Å². The minimum Gasteiger partial charge on any atom is -0.450 e. The molecule has 0 bridgehead atoms. The maximum atomic E-state index is 12.0. The first-order valence-corrected chi connectivity index (χ1v) is 8.56. The number of furan rings is 1. The van der Waals surface area contributed by atoms with Crippen molar-refractivity contribution in [2.45, 2.75) is 38.6 Å². The molecule has 1 saturated carbocycles. The first-order valence-electron chi connectivity index (χ1n) is 8.18. The molecule has 1 aliphatic carbocycles. The third kappa shape index (κ3) is 3.90. The molecule has 6 heteroatoms. The fourth-order valence-electron chi connectivity index (χ4n) is 3.10. The molecule has 5 nitrogen and oxygen atoms in total. The second kappa shape index (κ2) is 7.26. The number of rotatable bonds is 4. The minimum absolute atomic E-state index is 0.0612. The largest absolute Gasteiger partial charge is 0.450 e. The van der Waals surface area contributed by atoms with Gasteiger partial charge in [0.1, 0.15) is 5.58 Å². The summed E-state index contributed by atoms with van der Waals surface area (Å²) in [4.78, 5) is 24.0. The number of halogens is 1. The fraction of sp³-hybridized carbons (Fsp3) is 0.444. The zero-order chi connectivity index (χ0) is 17.1. The van der Waals surface area contributed by atoms with Crippen molar-refractivity contribution in [3.05, 3.63) is 35.0 Å². The summed E-state index contributed by atoms with van der Waals surface area (Å²) in [6.07, 6.45) is 4.42. The Morgan fingerprint density at radius 3 is 2.88 bits per heavy atom. The van der Waals surface area contributed by atoms with Crippen LogP contribution in [-0.2, 0) is 9.53 Å². The lowest BCUT2D eigenvalue weighted by Gasteiger charge is -2.29. The van der Waals surface area contributed by atoms with Crippen LogP contribution >= 0.6 is 11.6 Å². The molecule has 24 heavy (non-hydrogen) atoms. The maximum absolute atomic E-state index is 12.0. The van der Waals surface area contributed by atoms with Gasteiger partial charge in [-0.15, -0.1) is 0 Å². The Balaban J connectivity index is 1.55. The predicted molar refractivity (Wildman–Crippen MR) is 91.1 cm³/mol. The molecule has 0 spiro atoms. The van der Waals surface area contributed by atoms with Gasteiger partial charge in [-0.3, -0.25) is 4.79 Å². The summed E-state index contributed by atoms with van der Waals surface area (Å²) in [5, 5.41) is 4.22. The van der Waals surface area contributed by atoms with Crippen LogP contribution in [0.5, 0.6) is 0 Å². The van der Waals surface area contributed by atoms with Gasteiger partial charge in [-0.05, 0) is 43.0 Å². The Kier molecular flexibility index (Phi) is 5.09. The average molecular weight is 350 g/mol. The second-order valence-electron chi connectivity index (χ2n) is 6.30. The Hall–Kier alpha value is -2.01. The maximum Gasteiger partial charge on any atom is 0.374 e. The Bertz CT molecular complexity index is 755. The topological polar surface area (TPSA) is 68.5 Å². The van der Waals surface area contributed by atoms with E-state index >= 15 is 0 Å². The van der Waals surface area contributed by atoms with Crippen LogP contribution < -0.4 is 5.32 Å².